The highest BCUT2D eigenvalue weighted by atomic mass is 16.5. The molecule has 1 saturated heterocycles. The Bertz CT molecular complexity index is 876. The van der Waals surface area contributed by atoms with E-state index in [-0.39, 0.29) is 12.2 Å². The zero-order valence-corrected chi connectivity index (χ0v) is 17.4. The SMILES string of the molecule is CC1(C)CN(CC(O)COc2cc(C3=CCOCC3)c3ccccc3c2)CCO1. The van der Waals surface area contributed by atoms with Crippen LogP contribution in [0.15, 0.2) is 42.5 Å². The predicted octanol–water partition coefficient (Wildman–Crippen LogP) is 3.49. The third kappa shape index (κ3) is 5.17. The average molecular weight is 398 g/mol. The van der Waals surface area contributed by atoms with Crippen molar-refractivity contribution in [3.05, 3.63) is 48.0 Å². The molecule has 0 aromatic heterocycles. The summed E-state index contributed by atoms with van der Waals surface area (Å²) in [5.41, 5.74) is 2.34. The fraction of sp³-hybridized carbons (Fsp3) is 0.500. The maximum atomic E-state index is 10.5. The van der Waals surface area contributed by atoms with Crippen LogP contribution in [-0.2, 0) is 9.47 Å². The van der Waals surface area contributed by atoms with Crippen molar-refractivity contribution in [3.8, 4) is 5.75 Å². The van der Waals surface area contributed by atoms with Gasteiger partial charge in [0.05, 0.1) is 25.4 Å². The molecule has 1 unspecified atom stereocenters. The molecule has 2 aromatic rings. The van der Waals surface area contributed by atoms with E-state index in [1.165, 1.54) is 16.5 Å². The average Bonchev–Trinajstić information content (AvgIpc) is 2.71. The van der Waals surface area contributed by atoms with Crippen LogP contribution >= 0.6 is 0 Å². The summed E-state index contributed by atoms with van der Waals surface area (Å²) in [5, 5.41) is 12.9. The number of aliphatic hydroxyl groups excluding tert-OH is 1. The van der Waals surface area contributed by atoms with Gasteiger partial charge in [-0.05, 0) is 54.3 Å². The molecule has 0 aliphatic carbocycles. The second-order valence-electron chi connectivity index (χ2n) is 8.55. The van der Waals surface area contributed by atoms with E-state index in [4.69, 9.17) is 14.2 Å². The van der Waals surface area contributed by atoms with Gasteiger partial charge in [-0.15, -0.1) is 0 Å². The molecule has 0 saturated carbocycles. The molecule has 1 N–H and O–H groups in total. The first kappa shape index (κ1) is 20.4. The van der Waals surface area contributed by atoms with Crippen LogP contribution in [0.4, 0.5) is 0 Å². The molecular formula is C24H31NO4. The molecule has 0 bridgehead atoms. The first-order valence-electron chi connectivity index (χ1n) is 10.5. The Labute approximate surface area is 172 Å². The minimum Gasteiger partial charge on any atom is -0.491 e. The molecule has 1 atom stereocenters. The highest BCUT2D eigenvalue weighted by molar-refractivity contribution is 5.95. The second-order valence-corrected chi connectivity index (χ2v) is 8.55. The summed E-state index contributed by atoms with van der Waals surface area (Å²) >= 11 is 0. The number of hydrogen-bond donors (Lipinski definition) is 1. The number of ether oxygens (including phenoxy) is 3. The summed E-state index contributed by atoms with van der Waals surface area (Å²) in [5.74, 6) is 0.799. The zero-order chi connectivity index (χ0) is 20.3. The lowest BCUT2D eigenvalue weighted by atomic mass is 9.95. The topological polar surface area (TPSA) is 51.2 Å². The van der Waals surface area contributed by atoms with Crippen LogP contribution in [0.25, 0.3) is 16.3 Å². The lowest BCUT2D eigenvalue weighted by Gasteiger charge is -2.38. The molecule has 156 valence electrons. The van der Waals surface area contributed by atoms with E-state index >= 15 is 0 Å². The highest BCUT2D eigenvalue weighted by Gasteiger charge is 2.28. The third-order valence-electron chi connectivity index (χ3n) is 5.56. The number of morpholine rings is 1. The summed E-state index contributed by atoms with van der Waals surface area (Å²) in [6.07, 6.45) is 2.52. The van der Waals surface area contributed by atoms with Crippen molar-refractivity contribution in [2.45, 2.75) is 32.0 Å². The van der Waals surface area contributed by atoms with Gasteiger partial charge in [0.2, 0.25) is 0 Å². The van der Waals surface area contributed by atoms with Crippen molar-refractivity contribution in [1.29, 1.82) is 0 Å². The van der Waals surface area contributed by atoms with E-state index in [0.717, 1.165) is 37.3 Å². The number of rotatable bonds is 6. The molecule has 2 aliphatic rings. The summed E-state index contributed by atoms with van der Waals surface area (Å²) in [6.45, 7) is 8.81. The van der Waals surface area contributed by atoms with Gasteiger partial charge in [0.15, 0.2) is 0 Å². The van der Waals surface area contributed by atoms with Crippen molar-refractivity contribution in [3.63, 3.8) is 0 Å². The van der Waals surface area contributed by atoms with Gasteiger partial charge in [0.1, 0.15) is 18.5 Å². The molecule has 2 aromatic carbocycles. The van der Waals surface area contributed by atoms with Crippen LogP contribution in [-0.4, -0.2) is 67.8 Å². The van der Waals surface area contributed by atoms with E-state index in [9.17, 15) is 5.11 Å². The molecule has 29 heavy (non-hydrogen) atoms. The fourth-order valence-corrected chi connectivity index (χ4v) is 4.22. The second kappa shape index (κ2) is 8.84. The number of hydrogen-bond acceptors (Lipinski definition) is 5. The maximum absolute atomic E-state index is 10.5. The van der Waals surface area contributed by atoms with Crippen molar-refractivity contribution in [1.82, 2.24) is 4.90 Å². The van der Waals surface area contributed by atoms with E-state index < -0.39 is 6.10 Å². The summed E-state index contributed by atoms with van der Waals surface area (Å²) < 4.78 is 17.3. The van der Waals surface area contributed by atoms with Crippen molar-refractivity contribution in [2.75, 3.05) is 46.1 Å². The summed E-state index contributed by atoms with van der Waals surface area (Å²) in [7, 11) is 0. The van der Waals surface area contributed by atoms with Crippen LogP contribution in [0.3, 0.4) is 0 Å². The van der Waals surface area contributed by atoms with E-state index in [1.807, 2.05) is 6.07 Å². The van der Waals surface area contributed by atoms with E-state index in [0.29, 0.717) is 19.8 Å². The molecule has 5 nitrogen and oxygen atoms in total. The molecule has 2 heterocycles. The number of benzene rings is 2. The Balaban J connectivity index is 1.46. The Morgan fingerprint density at radius 1 is 1.21 bits per heavy atom. The van der Waals surface area contributed by atoms with Crippen molar-refractivity contribution >= 4 is 16.3 Å². The Kier molecular flexibility index (Phi) is 6.20. The molecule has 4 rings (SSSR count). The smallest absolute Gasteiger partial charge is 0.120 e. The number of β-amino-alcohol motifs (C(OH)–C–C–N with tert-alkyl or cyclic N) is 1. The van der Waals surface area contributed by atoms with Crippen LogP contribution < -0.4 is 4.74 Å². The summed E-state index contributed by atoms with van der Waals surface area (Å²) in [4.78, 5) is 2.25. The molecule has 0 spiro atoms. The van der Waals surface area contributed by atoms with Crippen molar-refractivity contribution < 1.29 is 19.3 Å². The Morgan fingerprint density at radius 3 is 2.86 bits per heavy atom. The standard InChI is InChI=1S/C24H31NO4/c1-24(2)17-25(9-12-29-24)15-20(26)16-28-21-13-19-5-3-4-6-22(19)23(14-21)18-7-10-27-11-8-18/h3-7,13-14,20,26H,8-12,15-17H2,1-2H3. The van der Waals surface area contributed by atoms with Gasteiger partial charge in [0.25, 0.3) is 0 Å². The quantitative estimate of drug-likeness (QED) is 0.809. The van der Waals surface area contributed by atoms with Crippen LogP contribution in [0.2, 0.25) is 0 Å². The van der Waals surface area contributed by atoms with Crippen LogP contribution in [0, 0.1) is 0 Å². The molecule has 0 radical (unpaired) electrons. The van der Waals surface area contributed by atoms with Gasteiger partial charge in [-0.3, -0.25) is 4.90 Å². The number of aliphatic hydroxyl groups is 1. The lowest BCUT2D eigenvalue weighted by molar-refractivity contribution is -0.0947. The highest BCUT2D eigenvalue weighted by Crippen LogP contribution is 2.33. The first-order chi connectivity index (χ1) is 14.0. The minimum absolute atomic E-state index is 0.163. The Hall–Kier alpha value is -1.92. The van der Waals surface area contributed by atoms with Gasteiger partial charge in [0, 0.05) is 19.6 Å². The molecule has 1 fully saturated rings. The fourth-order valence-electron chi connectivity index (χ4n) is 4.22. The number of nitrogens with zero attached hydrogens (tertiary/aromatic N) is 1. The van der Waals surface area contributed by atoms with Crippen LogP contribution in [0.1, 0.15) is 25.8 Å². The van der Waals surface area contributed by atoms with Gasteiger partial charge in [-0.25, -0.2) is 0 Å². The molecular weight excluding hydrogens is 366 g/mol. The number of fused-ring (bicyclic) bond motifs is 1. The van der Waals surface area contributed by atoms with Gasteiger partial charge in [-0.1, -0.05) is 30.3 Å². The normalized spacial score (nSPS) is 21.0. The molecule has 5 heteroatoms. The lowest BCUT2D eigenvalue weighted by Crippen LogP contribution is -2.50. The molecule has 2 aliphatic heterocycles. The van der Waals surface area contributed by atoms with E-state index in [1.54, 1.807) is 0 Å². The summed E-state index contributed by atoms with van der Waals surface area (Å²) in [6, 6.07) is 12.5. The molecule has 0 amide bonds. The monoisotopic (exact) mass is 397 g/mol. The van der Waals surface area contributed by atoms with Crippen LogP contribution in [0.5, 0.6) is 5.75 Å². The predicted molar refractivity (Wildman–Crippen MR) is 115 cm³/mol. The largest absolute Gasteiger partial charge is 0.491 e. The van der Waals surface area contributed by atoms with Gasteiger partial charge < -0.3 is 19.3 Å². The minimum atomic E-state index is -0.541. The van der Waals surface area contributed by atoms with Gasteiger partial charge in [-0.2, -0.15) is 0 Å². The third-order valence-corrected chi connectivity index (χ3v) is 5.56. The zero-order valence-electron chi connectivity index (χ0n) is 17.4. The Morgan fingerprint density at radius 2 is 2.07 bits per heavy atom. The first-order valence-corrected chi connectivity index (χ1v) is 10.5. The van der Waals surface area contributed by atoms with Gasteiger partial charge >= 0.3 is 0 Å². The van der Waals surface area contributed by atoms with Crippen molar-refractivity contribution in [2.24, 2.45) is 0 Å². The van der Waals surface area contributed by atoms with E-state index in [2.05, 4.69) is 55.2 Å². The maximum Gasteiger partial charge on any atom is 0.120 e.